The van der Waals surface area contributed by atoms with Crippen LogP contribution in [0.1, 0.15) is 5.56 Å². The van der Waals surface area contributed by atoms with Gasteiger partial charge in [0.25, 0.3) is 0 Å². The summed E-state index contributed by atoms with van der Waals surface area (Å²) in [5.74, 6) is -1.22. The molecule has 0 heterocycles. The Morgan fingerprint density at radius 3 is 2.70 bits per heavy atom. The monoisotopic (exact) mass is 340 g/mol. The van der Waals surface area contributed by atoms with Crippen LogP contribution >= 0.6 is 15.9 Å². The first kappa shape index (κ1) is 16.4. The Labute approximate surface area is 126 Å². The lowest BCUT2D eigenvalue weighted by Gasteiger charge is -2.18. The molecule has 1 aromatic rings. The number of aliphatic carboxylic acids is 1. The maximum atomic E-state index is 11.9. The fourth-order valence-electron chi connectivity index (χ4n) is 1.72. The SMILES string of the molecule is C=CCN(CC(=O)O)CC(=O)Nc1ccc(Br)cc1C. The molecule has 0 spiro atoms. The van der Waals surface area contributed by atoms with Gasteiger partial charge in [-0.3, -0.25) is 14.5 Å². The molecule has 0 unspecified atom stereocenters. The number of nitrogens with one attached hydrogen (secondary N) is 1. The molecule has 0 radical (unpaired) electrons. The average Bonchev–Trinajstić information content (AvgIpc) is 2.32. The van der Waals surface area contributed by atoms with Crippen LogP contribution in [-0.4, -0.2) is 41.5 Å². The van der Waals surface area contributed by atoms with Gasteiger partial charge in [-0.25, -0.2) is 0 Å². The van der Waals surface area contributed by atoms with Crippen LogP contribution in [0.2, 0.25) is 0 Å². The molecule has 108 valence electrons. The minimum atomic E-state index is -0.973. The first-order valence-electron chi connectivity index (χ1n) is 6.03. The number of hydrogen-bond donors (Lipinski definition) is 2. The van der Waals surface area contributed by atoms with E-state index in [1.807, 2.05) is 19.1 Å². The number of nitrogens with zero attached hydrogens (tertiary/aromatic N) is 1. The lowest BCUT2D eigenvalue weighted by Crippen LogP contribution is -2.37. The van der Waals surface area contributed by atoms with E-state index in [4.69, 9.17) is 5.11 Å². The van der Waals surface area contributed by atoms with E-state index in [1.54, 1.807) is 12.1 Å². The highest BCUT2D eigenvalue weighted by molar-refractivity contribution is 9.10. The molecule has 0 fully saturated rings. The Balaban J connectivity index is 2.65. The summed E-state index contributed by atoms with van der Waals surface area (Å²) in [6.07, 6.45) is 1.57. The number of anilines is 1. The van der Waals surface area contributed by atoms with Crippen molar-refractivity contribution >= 4 is 33.5 Å². The molecule has 0 bridgehead atoms. The van der Waals surface area contributed by atoms with Crippen LogP contribution in [0.25, 0.3) is 0 Å². The summed E-state index contributed by atoms with van der Waals surface area (Å²) >= 11 is 3.35. The second kappa shape index (κ2) is 7.81. The molecule has 0 aliphatic rings. The summed E-state index contributed by atoms with van der Waals surface area (Å²) in [7, 11) is 0. The molecule has 0 aliphatic carbocycles. The van der Waals surface area contributed by atoms with E-state index in [0.717, 1.165) is 10.0 Å². The van der Waals surface area contributed by atoms with Crippen molar-refractivity contribution in [3.05, 3.63) is 40.9 Å². The second-order valence-corrected chi connectivity index (χ2v) is 5.28. The van der Waals surface area contributed by atoms with E-state index in [-0.39, 0.29) is 19.0 Å². The summed E-state index contributed by atoms with van der Waals surface area (Å²) in [6.45, 7) is 5.60. The lowest BCUT2D eigenvalue weighted by molar-refractivity contribution is -0.138. The van der Waals surface area contributed by atoms with Gasteiger partial charge in [-0.15, -0.1) is 6.58 Å². The smallest absolute Gasteiger partial charge is 0.317 e. The molecule has 0 aromatic heterocycles. The zero-order chi connectivity index (χ0) is 15.1. The summed E-state index contributed by atoms with van der Waals surface area (Å²) < 4.78 is 0.937. The molecule has 5 nitrogen and oxygen atoms in total. The Morgan fingerprint density at radius 2 is 2.15 bits per heavy atom. The molecular formula is C14H17BrN2O3. The molecule has 2 N–H and O–H groups in total. The normalized spacial score (nSPS) is 10.3. The largest absolute Gasteiger partial charge is 0.480 e. The summed E-state index contributed by atoms with van der Waals surface area (Å²) in [6, 6.07) is 5.53. The molecule has 0 aliphatic heterocycles. The topological polar surface area (TPSA) is 69.6 Å². The molecule has 0 atom stereocenters. The van der Waals surface area contributed by atoms with Crippen LogP contribution in [0.5, 0.6) is 0 Å². The van der Waals surface area contributed by atoms with Crippen LogP contribution in [-0.2, 0) is 9.59 Å². The van der Waals surface area contributed by atoms with Crippen LogP contribution < -0.4 is 5.32 Å². The maximum absolute atomic E-state index is 11.9. The standard InChI is InChI=1S/C14H17BrN2O3/c1-3-6-17(9-14(19)20)8-13(18)16-12-5-4-11(15)7-10(12)2/h3-5,7H,1,6,8-9H2,2H3,(H,16,18)(H,19,20). The van der Waals surface area contributed by atoms with Gasteiger partial charge in [0.15, 0.2) is 0 Å². The first-order valence-corrected chi connectivity index (χ1v) is 6.82. The third kappa shape index (κ3) is 5.54. The number of carboxylic acid groups (broad SMARTS) is 1. The van der Waals surface area contributed by atoms with E-state index in [0.29, 0.717) is 12.2 Å². The van der Waals surface area contributed by atoms with Crippen molar-refractivity contribution in [2.24, 2.45) is 0 Å². The van der Waals surface area contributed by atoms with Gasteiger partial charge in [0, 0.05) is 16.7 Å². The van der Waals surface area contributed by atoms with Gasteiger partial charge in [0.05, 0.1) is 13.1 Å². The van der Waals surface area contributed by atoms with Crippen molar-refractivity contribution in [1.29, 1.82) is 0 Å². The summed E-state index contributed by atoms with van der Waals surface area (Å²) in [5.41, 5.74) is 1.65. The predicted molar refractivity (Wildman–Crippen MR) is 81.8 cm³/mol. The predicted octanol–water partition coefficient (Wildman–Crippen LogP) is 2.27. The van der Waals surface area contributed by atoms with Gasteiger partial charge in [-0.2, -0.15) is 0 Å². The van der Waals surface area contributed by atoms with Crippen molar-refractivity contribution in [3.63, 3.8) is 0 Å². The van der Waals surface area contributed by atoms with E-state index in [1.165, 1.54) is 4.90 Å². The molecule has 1 aromatic carbocycles. The average molecular weight is 341 g/mol. The lowest BCUT2D eigenvalue weighted by atomic mass is 10.2. The Hall–Kier alpha value is -1.66. The maximum Gasteiger partial charge on any atom is 0.317 e. The number of carbonyl (C=O) groups is 2. The first-order chi connectivity index (χ1) is 9.42. The summed E-state index contributed by atoms with van der Waals surface area (Å²) in [5, 5.41) is 11.5. The number of benzene rings is 1. The fourth-order valence-corrected chi connectivity index (χ4v) is 2.19. The number of aryl methyl sites for hydroxylation is 1. The number of amides is 1. The van der Waals surface area contributed by atoms with E-state index in [2.05, 4.69) is 27.8 Å². The number of halogens is 1. The zero-order valence-electron chi connectivity index (χ0n) is 11.2. The van der Waals surface area contributed by atoms with Crippen LogP contribution in [0.15, 0.2) is 35.3 Å². The van der Waals surface area contributed by atoms with Gasteiger partial charge >= 0.3 is 5.97 Å². The highest BCUT2D eigenvalue weighted by Crippen LogP contribution is 2.19. The molecule has 6 heteroatoms. The molecule has 1 rings (SSSR count). The molecular weight excluding hydrogens is 324 g/mol. The minimum Gasteiger partial charge on any atom is -0.480 e. The quantitative estimate of drug-likeness (QED) is 0.747. The molecule has 1 amide bonds. The highest BCUT2D eigenvalue weighted by atomic mass is 79.9. The third-order valence-corrected chi connectivity index (χ3v) is 3.07. The van der Waals surface area contributed by atoms with Gasteiger partial charge in [0.1, 0.15) is 0 Å². The van der Waals surface area contributed by atoms with E-state index >= 15 is 0 Å². The Morgan fingerprint density at radius 1 is 1.45 bits per heavy atom. The third-order valence-electron chi connectivity index (χ3n) is 2.58. The summed E-state index contributed by atoms with van der Waals surface area (Å²) in [4.78, 5) is 24.1. The van der Waals surface area contributed by atoms with Crippen LogP contribution in [0.4, 0.5) is 5.69 Å². The van der Waals surface area contributed by atoms with Gasteiger partial charge in [-0.05, 0) is 30.7 Å². The van der Waals surface area contributed by atoms with E-state index in [9.17, 15) is 9.59 Å². The van der Waals surface area contributed by atoms with Gasteiger partial charge < -0.3 is 10.4 Å². The number of carbonyl (C=O) groups excluding carboxylic acids is 1. The van der Waals surface area contributed by atoms with Crippen LogP contribution in [0.3, 0.4) is 0 Å². The molecule has 20 heavy (non-hydrogen) atoms. The van der Waals surface area contributed by atoms with Crippen LogP contribution in [0, 0.1) is 6.92 Å². The van der Waals surface area contributed by atoms with E-state index < -0.39 is 5.97 Å². The number of carboxylic acids is 1. The second-order valence-electron chi connectivity index (χ2n) is 4.36. The Bertz CT molecular complexity index is 517. The van der Waals surface area contributed by atoms with Crippen molar-refractivity contribution in [1.82, 2.24) is 4.90 Å². The minimum absolute atomic E-state index is 0.00776. The van der Waals surface area contributed by atoms with Crippen molar-refractivity contribution in [3.8, 4) is 0 Å². The Kier molecular flexibility index (Phi) is 6.41. The zero-order valence-corrected chi connectivity index (χ0v) is 12.8. The van der Waals surface area contributed by atoms with Gasteiger partial charge in [-0.1, -0.05) is 22.0 Å². The highest BCUT2D eigenvalue weighted by Gasteiger charge is 2.13. The molecule has 0 saturated carbocycles. The van der Waals surface area contributed by atoms with Crippen molar-refractivity contribution in [2.75, 3.05) is 25.0 Å². The molecule has 0 saturated heterocycles. The number of rotatable bonds is 7. The van der Waals surface area contributed by atoms with Gasteiger partial charge in [0.2, 0.25) is 5.91 Å². The van der Waals surface area contributed by atoms with Crippen molar-refractivity contribution in [2.45, 2.75) is 6.92 Å². The fraction of sp³-hybridized carbons (Fsp3) is 0.286. The number of hydrogen-bond acceptors (Lipinski definition) is 3. The van der Waals surface area contributed by atoms with Crippen molar-refractivity contribution < 1.29 is 14.7 Å².